The van der Waals surface area contributed by atoms with Crippen molar-refractivity contribution in [2.24, 2.45) is 0 Å². The van der Waals surface area contributed by atoms with Gasteiger partial charge in [-0.1, -0.05) is 6.07 Å². The third kappa shape index (κ3) is 4.54. The summed E-state index contributed by atoms with van der Waals surface area (Å²) in [5, 5.41) is 3.07. The van der Waals surface area contributed by atoms with E-state index in [9.17, 15) is 13.2 Å². The topological polar surface area (TPSA) is 101 Å². The molecule has 0 radical (unpaired) electrons. The van der Waals surface area contributed by atoms with E-state index in [2.05, 4.69) is 15.3 Å². The van der Waals surface area contributed by atoms with Crippen LogP contribution in [0.5, 0.6) is 5.75 Å². The molecule has 0 spiro atoms. The van der Waals surface area contributed by atoms with Crippen molar-refractivity contribution in [2.75, 3.05) is 31.0 Å². The van der Waals surface area contributed by atoms with E-state index in [4.69, 9.17) is 4.74 Å². The molecule has 1 fully saturated rings. The van der Waals surface area contributed by atoms with Crippen LogP contribution in [-0.2, 0) is 9.84 Å². The molecule has 3 rings (SSSR count). The molecule has 1 unspecified atom stereocenters. The van der Waals surface area contributed by atoms with E-state index in [-0.39, 0.29) is 29.1 Å². The van der Waals surface area contributed by atoms with Crippen LogP contribution in [0.3, 0.4) is 0 Å². The molecule has 144 valence electrons. The van der Waals surface area contributed by atoms with E-state index in [1.165, 1.54) is 4.90 Å². The van der Waals surface area contributed by atoms with Crippen LogP contribution < -0.4 is 10.1 Å². The van der Waals surface area contributed by atoms with E-state index in [0.29, 0.717) is 23.8 Å². The number of carbonyl (C=O) groups is 1. The largest absolute Gasteiger partial charge is 0.497 e. The Balaban J connectivity index is 1.81. The van der Waals surface area contributed by atoms with E-state index in [0.717, 1.165) is 5.69 Å². The van der Waals surface area contributed by atoms with Gasteiger partial charge in [0.2, 0.25) is 5.95 Å². The Kier molecular flexibility index (Phi) is 5.31. The van der Waals surface area contributed by atoms with Crippen LogP contribution in [0, 0.1) is 6.92 Å². The fourth-order valence-electron chi connectivity index (χ4n) is 2.99. The molecule has 0 saturated carbocycles. The van der Waals surface area contributed by atoms with Gasteiger partial charge in [0, 0.05) is 30.5 Å². The van der Waals surface area contributed by atoms with Gasteiger partial charge >= 0.3 is 0 Å². The second-order valence-corrected chi connectivity index (χ2v) is 8.78. The molecular weight excluding hydrogens is 368 g/mol. The van der Waals surface area contributed by atoms with Gasteiger partial charge in [-0.15, -0.1) is 0 Å². The quantitative estimate of drug-likeness (QED) is 0.830. The van der Waals surface area contributed by atoms with Gasteiger partial charge in [0.05, 0.1) is 18.6 Å². The molecule has 1 aliphatic heterocycles. The smallest absolute Gasteiger partial charge is 0.272 e. The van der Waals surface area contributed by atoms with Crippen molar-refractivity contribution < 1.29 is 17.9 Å². The Morgan fingerprint density at radius 3 is 2.74 bits per heavy atom. The van der Waals surface area contributed by atoms with Crippen molar-refractivity contribution in [3.63, 3.8) is 0 Å². The molecule has 0 bridgehead atoms. The van der Waals surface area contributed by atoms with E-state index in [1.54, 1.807) is 33.2 Å². The average Bonchev–Trinajstić information content (AvgIpc) is 3.00. The number of hydrogen-bond donors (Lipinski definition) is 1. The number of methoxy groups -OCH3 is 1. The molecule has 0 aliphatic carbocycles. The summed E-state index contributed by atoms with van der Waals surface area (Å²) in [5.74, 6) is 0.760. The van der Waals surface area contributed by atoms with E-state index in [1.807, 2.05) is 18.2 Å². The number of anilines is 2. The number of benzene rings is 1. The highest BCUT2D eigenvalue weighted by molar-refractivity contribution is 7.91. The molecule has 1 N–H and O–H groups in total. The minimum atomic E-state index is -3.07. The number of hydrogen-bond acceptors (Lipinski definition) is 7. The van der Waals surface area contributed by atoms with Gasteiger partial charge < -0.3 is 15.0 Å². The van der Waals surface area contributed by atoms with Gasteiger partial charge in [-0.2, -0.15) is 0 Å². The maximum Gasteiger partial charge on any atom is 0.272 e. The number of carbonyl (C=O) groups excluding carboxylic acids is 1. The van der Waals surface area contributed by atoms with E-state index >= 15 is 0 Å². The van der Waals surface area contributed by atoms with Crippen LogP contribution in [0.25, 0.3) is 0 Å². The average molecular weight is 390 g/mol. The van der Waals surface area contributed by atoms with Crippen LogP contribution >= 0.6 is 0 Å². The molecule has 1 saturated heterocycles. The summed E-state index contributed by atoms with van der Waals surface area (Å²) in [6.45, 7) is 1.77. The van der Waals surface area contributed by atoms with Crippen LogP contribution in [0.2, 0.25) is 0 Å². The van der Waals surface area contributed by atoms with Crippen molar-refractivity contribution in [3.8, 4) is 5.75 Å². The zero-order chi connectivity index (χ0) is 19.6. The van der Waals surface area contributed by atoms with Gasteiger partial charge in [-0.25, -0.2) is 18.4 Å². The van der Waals surface area contributed by atoms with Crippen molar-refractivity contribution in [1.82, 2.24) is 14.9 Å². The highest BCUT2D eigenvalue weighted by Gasteiger charge is 2.33. The molecular formula is C18H22N4O4S. The number of aryl methyl sites for hydroxylation is 1. The van der Waals surface area contributed by atoms with E-state index < -0.39 is 9.84 Å². The molecule has 1 aromatic carbocycles. The van der Waals surface area contributed by atoms with Crippen LogP contribution in [0.4, 0.5) is 11.6 Å². The predicted molar refractivity (Wildman–Crippen MR) is 102 cm³/mol. The number of sulfone groups is 1. The molecule has 1 amide bonds. The number of aromatic nitrogens is 2. The molecule has 1 atom stereocenters. The first-order valence-corrected chi connectivity index (χ1v) is 10.3. The highest BCUT2D eigenvalue weighted by Crippen LogP contribution is 2.21. The first-order chi connectivity index (χ1) is 12.8. The van der Waals surface area contributed by atoms with Gasteiger partial charge in [0.1, 0.15) is 11.4 Å². The Bertz CT molecular complexity index is 962. The van der Waals surface area contributed by atoms with Crippen molar-refractivity contribution in [1.29, 1.82) is 0 Å². The number of ether oxygens (including phenoxy) is 1. The summed E-state index contributed by atoms with van der Waals surface area (Å²) in [6, 6.07) is 8.55. The summed E-state index contributed by atoms with van der Waals surface area (Å²) in [5.41, 5.74) is 1.58. The SMILES string of the molecule is COc1cccc(Nc2nc(C)cc(C(=O)N(C)C3CCS(=O)(=O)C3)n2)c1. The summed E-state index contributed by atoms with van der Waals surface area (Å²) < 4.78 is 28.6. The molecule has 27 heavy (non-hydrogen) atoms. The molecule has 2 heterocycles. The summed E-state index contributed by atoms with van der Waals surface area (Å²) in [6.07, 6.45) is 0.448. The Labute approximate surface area is 158 Å². The lowest BCUT2D eigenvalue weighted by Crippen LogP contribution is -2.38. The maximum absolute atomic E-state index is 12.8. The lowest BCUT2D eigenvalue weighted by atomic mass is 10.2. The second-order valence-electron chi connectivity index (χ2n) is 6.55. The van der Waals surface area contributed by atoms with Crippen molar-refractivity contribution in [2.45, 2.75) is 19.4 Å². The summed E-state index contributed by atoms with van der Waals surface area (Å²) >= 11 is 0. The zero-order valence-electron chi connectivity index (χ0n) is 15.5. The van der Waals surface area contributed by atoms with Crippen molar-refractivity contribution in [3.05, 3.63) is 41.7 Å². The van der Waals surface area contributed by atoms with Crippen LogP contribution in [0.1, 0.15) is 22.6 Å². The predicted octanol–water partition coefficient (Wildman–Crippen LogP) is 1.80. The third-order valence-electron chi connectivity index (χ3n) is 4.48. The van der Waals surface area contributed by atoms with Crippen LogP contribution in [-0.4, -0.2) is 60.9 Å². The Morgan fingerprint density at radius 2 is 2.07 bits per heavy atom. The lowest BCUT2D eigenvalue weighted by molar-refractivity contribution is 0.0741. The number of amides is 1. The lowest BCUT2D eigenvalue weighted by Gasteiger charge is -2.23. The summed E-state index contributed by atoms with van der Waals surface area (Å²) in [4.78, 5) is 22.9. The standard InChI is InChI=1S/C18H22N4O4S/c1-12-9-16(17(23)22(2)14-7-8-27(24,25)11-14)21-18(19-12)20-13-5-4-6-15(10-13)26-3/h4-6,9-10,14H,7-8,11H2,1-3H3,(H,19,20,21). The number of rotatable bonds is 5. The highest BCUT2D eigenvalue weighted by atomic mass is 32.2. The minimum absolute atomic E-state index is 0.00573. The second kappa shape index (κ2) is 7.51. The van der Waals surface area contributed by atoms with Gasteiger partial charge in [0.25, 0.3) is 5.91 Å². The fraction of sp³-hybridized carbons (Fsp3) is 0.389. The molecule has 8 nitrogen and oxygen atoms in total. The molecule has 1 aliphatic rings. The molecule has 2 aromatic rings. The number of nitrogens with zero attached hydrogens (tertiary/aromatic N) is 3. The fourth-order valence-corrected chi connectivity index (χ4v) is 4.77. The first kappa shape index (κ1) is 19.1. The Morgan fingerprint density at radius 1 is 1.30 bits per heavy atom. The third-order valence-corrected chi connectivity index (χ3v) is 6.23. The minimum Gasteiger partial charge on any atom is -0.497 e. The van der Waals surface area contributed by atoms with Gasteiger partial charge in [0.15, 0.2) is 9.84 Å². The summed E-state index contributed by atoms with van der Waals surface area (Å²) in [7, 11) is 0.122. The molecule has 9 heteroatoms. The Hall–Kier alpha value is -2.68. The van der Waals surface area contributed by atoms with Gasteiger partial charge in [-0.05, 0) is 31.5 Å². The van der Waals surface area contributed by atoms with Crippen LogP contribution in [0.15, 0.2) is 30.3 Å². The van der Waals surface area contributed by atoms with Crippen molar-refractivity contribution >= 4 is 27.4 Å². The zero-order valence-corrected chi connectivity index (χ0v) is 16.3. The normalized spacial score (nSPS) is 18.1. The molecule has 1 aromatic heterocycles. The maximum atomic E-state index is 12.8. The monoisotopic (exact) mass is 390 g/mol. The first-order valence-electron chi connectivity index (χ1n) is 8.52. The number of nitrogens with one attached hydrogen (secondary N) is 1. The van der Waals surface area contributed by atoms with Gasteiger partial charge in [-0.3, -0.25) is 4.79 Å².